The van der Waals surface area contributed by atoms with E-state index < -0.39 is 12.2 Å². The van der Waals surface area contributed by atoms with Gasteiger partial charge in [-0.25, -0.2) is 0 Å². The molecule has 0 saturated carbocycles. The minimum atomic E-state index is -0.949. The molecule has 7 aromatic carbocycles. The number of benzene rings is 7. The first kappa shape index (κ1) is 49.6. The molecule has 1 aliphatic rings. The maximum Gasteiger partial charge on any atom is 0.256 e. The fourth-order valence-electron chi connectivity index (χ4n) is 9.01. The lowest BCUT2D eigenvalue weighted by atomic mass is 9.87. The van der Waals surface area contributed by atoms with Crippen molar-refractivity contribution >= 4 is 126 Å². The van der Waals surface area contributed by atoms with E-state index in [9.17, 15) is 9.59 Å². The smallest absolute Gasteiger partial charge is 0.256 e. The van der Waals surface area contributed by atoms with E-state index in [2.05, 4.69) is 133 Å². The first-order valence-electron chi connectivity index (χ1n) is 23.0. The van der Waals surface area contributed by atoms with Crippen molar-refractivity contribution in [2.75, 3.05) is 99.8 Å². The lowest BCUT2D eigenvalue weighted by Crippen LogP contribution is -2.44. The average Bonchev–Trinajstić information content (AvgIpc) is 3.34. The Balaban J connectivity index is 0.881. The van der Waals surface area contributed by atoms with Crippen LogP contribution in [0.2, 0.25) is 0 Å². The van der Waals surface area contributed by atoms with Crippen LogP contribution in [0.15, 0.2) is 97.1 Å². The normalized spacial score (nSPS) is 15.1. The van der Waals surface area contributed by atoms with Gasteiger partial charge in [-0.1, -0.05) is 97.1 Å². The van der Waals surface area contributed by atoms with E-state index in [-0.39, 0.29) is 50.2 Å². The van der Waals surface area contributed by atoms with Crippen LogP contribution in [0.1, 0.15) is 24.4 Å². The van der Waals surface area contributed by atoms with Crippen LogP contribution in [0.3, 0.4) is 0 Å². The minimum absolute atomic E-state index is 0.0446. The first-order valence-corrected chi connectivity index (χ1v) is 26.6. The van der Waals surface area contributed by atoms with E-state index in [1.165, 1.54) is 32.1 Å². The summed E-state index contributed by atoms with van der Waals surface area (Å²) in [5.74, 6) is 3.91. The molecule has 0 bridgehead atoms. The predicted molar refractivity (Wildman–Crippen MR) is 285 cm³/mol. The number of nitrogens with one attached hydrogen (secondary N) is 2. The molecular weight excluding hydrogens is 921 g/mol. The number of methoxy groups -OCH3 is 1. The molecule has 4 unspecified atom stereocenters. The zero-order valence-corrected chi connectivity index (χ0v) is 41.3. The highest BCUT2D eigenvalue weighted by atomic mass is 32.2. The van der Waals surface area contributed by atoms with Crippen LogP contribution >= 0.6 is 48.8 Å². The van der Waals surface area contributed by atoms with Crippen molar-refractivity contribution in [3.05, 3.63) is 108 Å². The van der Waals surface area contributed by atoms with Gasteiger partial charge in [-0.2, -0.15) is 48.8 Å². The Labute approximate surface area is 412 Å². The van der Waals surface area contributed by atoms with Crippen molar-refractivity contribution in [1.82, 2.24) is 5.32 Å². The molecule has 4 atom stereocenters. The summed E-state index contributed by atoms with van der Waals surface area (Å²) in [6.07, 6.45) is 1.37. The van der Waals surface area contributed by atoms with Gasteiger partial charge in [0.2, 0.25) is 5.91 Å². The van der Waals surface area contributed by atoms with Crippen molar-refractivity contribution in [3.8, 4) is 0 Å². The van der Waals surface area contributed by atoms with E-state index in [0.717, 1.165) is 56.2 Å². The van der Waals surface area contributed by atoms with Crippen LogP contribution in [0.25, 0.3) is 59.9 Å². The fourth-order valence-corrected chi connectivity index (χ4v) is 11.4. The summed E-state index contributed by atoms with van der Waals surface area (Å²) < 4.78 is 35.9. The van der Waals surface area contributed by atoms with Gasteiger partial charge in [-0.15, -0.1) is 0 Å². The zero-order chi connectivity index (χ0) is 46.4. The molecule has 0 spiro atoms. The molecule has 0 radical (unpaired) electrons. The van der Waals surface area contributed by atoms with Gasteiger partial charge in [0.15, 0.2) is 6.10 Å². The number of carbonyl (C=O) groups is 2. The van der Waals surface area contributed by atoms with Gasteiger partial charge < -0.3 is 39.1 Å². The number of hydrogen-bond acceptors (Lipinski definition) is 12. The molecule has 14 heteroatoms. The highest BCUT2D eigenvalue weighted by Gasteiger charge is 2.31. The minimum Gasteiger partial charge on any atom is -0.382 e. The second kappa shape index (κ2) is 25.2. The average molecular weight is 981 g/mol. The number of ether oxygens (including phenoxy) is 6. The Bertz CT molecular complexity index is 2740. The van der Waals surface area contributed by atoms with Gasteiger partial charge in [0, 0.05) is 41.2 Å². The molecular formula is C53H60N2O8S4. The van der Waals surface area contributed by atoms with Gasteiger partial charge in [-0.3, -0.25) is 9.59 Å². The van der Waals surface area contributed by atoms with Crippen LogP contribution in [0.4, 0.5) is 5.69 Å². The lowest BCUT2D eigenvalue weighted by molar-refractivity contribution is -0.141. The Morgan fingerprint density at radius 2 is 1.22 bits per heavy atom. The molecule has 2 N–H and O–H groups in total. The number of rotatable bonds is 29. The first-order chi connectivity index (χ1) is 33.0. The van der Waals surface area contributed by atoms with E-state index in [1.807, 2.05) is 6.07 Å². The third-order valence-electron chi connectivity index (χ3n) is 12.1. The largest absolute Gasteiger partial charge is 0.382 e. The summed E-state index contributed by atoms with van der Waals surface area (Å²) in [6, 6.07) is 33.7. The van der Waals surface area contributed by atoms with Crippen molar-refractivity contribution in [3.63, 3.8) is 0 Å². The maximum atomic E-state index is 14.4. The Kier molecular flexibility index (Phi) is 18.6. The molecule has 0 saturated heterocycles. The molecule has 354 valence electrons. The van der Waals surface area contributed by atoms with Crippen LogP contribution in [-0.2, 0) is 38.0 Å². The quantitative estimate of drug-likeness (QED) is 0.0206. The molecule has 67 heavy (non-hydrogen) atoms. The summed E-state index contributed by atoms with van der Waals surface area (Å²) >= 11 is 12.2. The van der Waals surface area contributed by atoms with Gasteiger partial charge in [-0.05, 0) is 83.3 Å². The van der Waals surface area contributed by atoms with Crippen molar-refractivity contribution in [1.29, 1.82) is 0 Å². The van der Waals surface area contributed by atoms with Crippen molar-refractivity contribution in [2.45, 2.75) is 37.2 Å². The molecule has 8 rings (SSSR count). The number of anilines is 1. The summed E-state index contributed by atoms with van der Waals surface area (Å²) in [5.41, 5.74) is 1.86. The van der Waals surface area contributed by atoms with Gasteiger partial charge >= 0.3 is 0 Å². The second-order valence-electron chi connectivity index (χ2n) is 16.5. The number of carbonyl (C=O) groups excluding carboxylic acids is 2. The summed E-state index contributed by atoms with van der Waals surface area (Å²) in [6.45, 7) is 2.52. The molecule has 10 nitrogen and oxygen atoms in total. The third kappa shape index (κ3) is 12.5. The van der Waals surface area contributed by atoms with Gasteiger partial charge in [0.25, 0.3) is 5.91 Å². The highest BCUT2D eigenvalue weighted by Crippen LogP contribution is 2.38. The SMILES string of the molecule is COCCOCCOC(CSCCS)C(OCCOCCOC(CSCCS)CC(=O)NC1CC=c2ccc3cccc4ccc1c2c43)C(=O)Nc1ccc2ccc3cccc4ccc1c2c34. The Hall–Kier alpha value is -3.80. The third-order valence-corrected chi connectivity index (χ3v) is 15.3. The summed E-state index contributed by atoms with van der Waals surface area (Å²) in [5, 5.41) is 19.3. The zero-order valence-electron chi connectivity index (χ0n) is 37.9. The van der Waals surface area contributed by atoms with E-state index in [1.54, 1.807) is 30.6 Å². The van der Waals surface area contributed by atoms with E-state index in [4.69, 9.17) is 28.4 Å². The standard InChI is InChI=1S/C53H60N2O8S4/c1-58-20-21-59-23-26-62-46(34-67-31-29-65)52(53(57)55-45-19-15-40-11-9-36-5-3-7-38-13-17-43(45)51(40)49(36)38)63-27-24-60-22-25-61-41(33-66-30-28-64)32-47(56)54-44-18-14-39-10-8-35-4-2-6-37-12-16-42(44)50(39)48(35)37/h2-17,19,41,44,46,52,64-65H,18,20-34H2,1H3,(H,54,56)(H,55,57). The topological polar surface area (TPSA) is 114 Å². The van der Waals surface area contributed by atoms with Crippen molar-refractivity contribution < 1.29 is 38.0 Å². The molecule has 0 heterocycles. The maximum absolute atomic E-state index is 14.4. The van der Waals surface area contributed by atoms with Crippen LogP contribution in [0.5, 0.6) is 0 Å². The summed E-state index contributed by atoms with van der Waals surface area (Å²) in [4.78, 5) is 28.1. The van der Waals surface area contributed by atoms with Crippen LogP contribution in [0, 0.1) is 0 Å². The molecule has 2 amide bonds. The van der Waals surface area contributed by atoms with E-state index >= 15 is 0 Å². The highest BCUT2D eigenvalue weighted by molar-refractivity contribution is 8.00. The number of thiol groups is 2. The second-order valence-corrected chi connectivity index (χ2v) is 19.7. The van der Waals surface area contributed by atoms with Gasteiger partial charge in [0.05, 0.1) is 71.4 Å². The summed E-state index contributed by atoms with van der Waals surface area (Å²) in [7, 11) is 1.63. The van der Waals surface area contributed by atoms with Crippen LogP contribution in [-0.4, -0.2) is 125 Å². The number of thioether (sulfide) groups is 2. The number of hydrogen-bond donors (Lipinski definition) is 4. The molecule has 0 aliphatic heterocycles. The van der Waals surface area contributed by atoms with Crippen LogP contribution < -0.4 is 15.9 Å². The monoisotopic (exact) mass is 980 g/mol. The Morgan fingerprint density at radius 3 is 1.93 bits per heavy atom. The molecule has 0 aromatic heterocycles. The van der Waals surface area contributed by atoms with E-state index in [0.29, 0.717) is 56.0 Å². The predicted octanol–water partition coefficient (Wildman–Crippen LogP) is 9.14. The van der Waals surface area contributed by atoms with Gasteiger partial charge in [0.1, 0.15) is 6.10 Å². The molecule has 7 aromatic rings. The van der Waals surface area contributed by atoms with Crippen molar-refractivity contribution in [2.24, 2.45) is 0 Å². The molecule has 0 fully saturated rings. The Morgan fingerprint density at radius 1 is 0.642 bits per heavy atom. The number of amides is 2. The molecule has 1 aliphatic carbocycles. The lowest BCUT2D eigenvalue weighted by Gasteiger charge is -2.27. The fraction of sp³-hybridized carbons (Fsp3) is 0.396.